The molecule has 0 fully saturated rings. The summed E-state index contributed by atoms with van der Waals surface area (Å²) in [5.74, 6) is 0. The van der Waals surface area contributed by atoms with Crippen LogP contribution in [-0.4, -0.2) is 95.8 Å². The molecule has 6 N–H and O–H groups in total. The van der Waals surface area contributed by atoms with Crippen LogP contribution in [0.3, 0.4) is 0 Å². The van der Waals surface area contributed by atoms with Crippen molar-refractivity contribution < 1.29 is 32.9 Å². The molecule has 0 aromatic rings. The van der Waals surface area contributed by atoms with Crippen molar-refractivity contribution in [1.29, 1.82) is 0 Å². The molecule has 60 valence electrons. The third kappa shape index (κ3) is 12.4. The molecule has 0 aliphatic carbocycles. The second-order valence-electron chi connectivity index (χ2n) is 1.25. The first-order valence-electron chi connectivity index (χ1n) is 1.75. The monoisotopic (exact) mass is 314 g/mol. The average Bonchev–Trinajstić information content (AvgIpc) is 1.14. The molecular weight excluding hydrogens is 305 g/mol. The predicted molar refractivity (Wildman–Crippen MR) is 34.4 cm³/mol. The first kappa shape index (κ1) is 14.3. The van der Waals surface area contributed by atoms with Crippen LogP contribution in [0.15, 0.2) is 0 Å². The van der Waals surface area contributed by atoms with Crippen molar-refractivity contribution in [2.75, 3.05) is 0 Å². The van der Waals surface area contributed by atoms with Gasteiger partial charge < -0.3 is 32.9 Å². The van der Waals surface area contributed by atoms with Crippen molar-refractivity contribution in [2.45, 2.75) is 0 Å². The number of hydrogen-bond donors (Lipinski definition) is 6. The number of hydrogen-bond acceptors (Lipinski definition) is 7. The van der Waals surface area contributed by atoms with Gasteiger partial charge in [0.2, 0.25) is 0 Å². The molecule has 7 nitrogen and oxygen atoms in total. The maximum absolute atomic E-state index is 7.94. The molecule has 0 spiro atoms. The van der Waals surface area contributed by atoms with Crippen LogP contribution in [0.4, 0.5) is 0 Å². The van der Waals surface area contributed by atoms with Crippen molar-refractivity contribution in [2.24, 2.45) is 0 Å². The van der Waals surface area contributed by atoms with Gasteiger partial charge in [-0.2, -0.15) is 0 Å². The van der Waals surface area contributed by atoms with Crippen molar-refractivity contribution in [1.82, 2.24) is 0 Å². The van der Waals surface area contributed by atoms with Crippen molar-refractivity contribution in [3.63, 3.8) is 0 Å². The van der Waals surface area contributed by atoms with E-state index in [0.717, 1.165) is 0 Å². The summed E-state index contributed by atoms with van der Waals surface area (Å²) in [5.41, 5.74) is 0. The van der Waals surface area contributed by atoms with E-state index in [1.54, 1.807) is 0 Å². The standard InChI is InChI=1S/Ba.H6O7Si2.2H/c;1-8(2,3)7-9(4,5)6;;/h;1-6H;;. The molecule has 0 rings (SSSR count). The Labute approximate surface area is 98.6 Å². The fraction of sp³-hybridized carbons (Fsp3) is 0. The molecule has 0 unspecified atom stereocenters. The van der Waals surface area contributed by atoms with E-state index >= 15 is 0 Å². The van der Waals surface area contributed by atoms with Crippen molar-refractivity contribution in [3.05, 3.63) is 0 Å². The average molecular weight is 314 g/mol. The molecule has 0 bridgehead atoms. The van der Waals surface area contributed by atoms with E-state index in [2.05, 4.69) is 4.12 Å². The van der Waals surface area contributed by atoms with Crippen LogP contribution in [0.5, 0.6) is 0 Å². The molecule has 0 radical (unpaired) electrons. The van der Waals surface area contributed by atoms with E-state index in [9.17, 15) is 0 Å². The second kappa shape index (κ2) is 4.68. The fourth-order valence-electron chi connectivity index (χ4n) is 0.184. The summed E-state index contributed by atoms with van der Waals surface area (Å²) in [6, 6.07) is 0. The summed E-state index contributed by atoms with van der Waals surface area (Å²) in [4.78, 5) is 47.6. The van der Waals surface area contributed by atoms with Gasteiger partial charge in [0.25, 0.3) is 0 Å². The quantitative estimate of drug-likeness (QED) is 0.281. The Hall–Kier alpha value is 1.73. The van der Waals surface area contributed by atoms with Crippen LogP contribution in [0, 0.1) is 0 Å². The van der Waals surface area contributed by atoms with Crippen LogP contribution in [0.25, 0.3) is 0 Å². The zero-order chi connectivity index (χ0) is 7.71. The number of rotatable bonds is 2. The van der Waals surface area contributed by atoms with E-state index in [4.69, 9.17) is 28.8 Å². The van der Waals surface area contributed by atoms with E-state index in [0.29, 0.717) is 0 Å². The molecule has 0 amide bonds. The Morgan fingerprint density at radius 2 is 0.900 bits per heavy atom. The van der Waals surface area contributed by atoms with E-state index in [-0.39, 0.29) is 48.9 Å². The summed E-state index contributed by atoms with van der Waals surface area (Å²) in [6.45, 7) is 0. The summed E-state index contributed by atoms with van der Waals surface area (Å²) in [5, 5.41) is 0. The molecule has 0 atom stereocenters. The molecular formula is H8BaO7Si2. The summed E-state index contributed by atoms with van der Waals surface area (Å²) in [6.07, 6.45) is 0. The minimum absolute atomic E-state index is 0. The Morgan fingerprint density at radius 3 is 0.900 bits per heavy atom. The molecule has 0 saturated heterocycles. The van der Waals surface area contributed by atoms with Gasteiger partial charge in [-0.15, -0.1) is 0 Å². The predicted octanol–water partition coefficient (Wildman–Crippen LogP) is -5.09. The topological polar surface area (TPSA) is 131 Å². The van der Waals surface area contributed by atoms with Crippen LogP contribution in [0.1, 0.15) is 0 Å². The van der Waals surface area contributed by atoms with Gasteiger partial charge >= 0.3 is 67.0 Å². The minimum atomic E-state index is -4.98. The fourth-order valence-corrected chi connectivity index (χ4v) is 1.65. The van der Waals surface area contributed by atoms with Gasteiger partial charge in [-0.25, -0.2) is 0 Å². The van der Waals surface area contributed by atoms with Crippen LogP contribution in [0.2, 0.25) is 0 Å². The van der Waals surface area contributed by atoms with Gasteiger partial charge in [-0.1, -0.05) is 0 Å². The summed E-state index contributed by atoms with van der Waals surface area (Å²) in [7, 11) is -9.96. The van der Waals surface area contributed by atoms with E-state index in [1.807, 2.05) is 0 Å². The van der Waals surface area contributed by atoms with Gasteiger partial charge in [0, 0.05) is 0 Å². The zero-order valence-electron chi connectivity index (χ0n) is 4.09. The van der Waals surface area contributed by atoms with E-state index in [1.165, 1.54) is 0 Å². The molecule has 0 heterocycles. The van der Waals surface area contributed by atoms with Crippen molar-refractivity contribution >= 4 is 67.0 Å². The third-order valence-corrected chi connectivity index (χ3v) is 2.46. The Kier molecular flexibility index (Phi) is 6.67. The van der Waals surface area contributed by atoms with Gasteiger partial charge in [0.05, 0.1) is 0 Å². The molecule has 0 saturated carbocycles. The van der Waals surface area contributed by atoms with Gasteiger partial charge in [-0.3, -0.25) is 0 Å². The molecule has 10 heavy (non-hydrogen) atoms. The molecule has 0 aliphatic heterocycles. The van der Waals surface area contributed by atoms with Crippen LogP contribution in [-0.2, 0) is 4.12 Å². The molecule has 0 aromatic carbocycles. The molecule has 10 heteroatoms. The van der Waals surface area contributed by atoms with Gasteiger partial charge in [-0.05, 0) is 0 Å². The second-order valence-corrected chi connectivity index (χ2v) is 4.36. The first-order valence-corrected chi connectivity index (χ1v) is 5.25. The van der Waals surface area contributed by atoms with E-state index < -0.39 is 18.1 Å². The van der Waals surface area contributed by atoms with Crippen LogP contribution >= 0.6 is 0 Å². The Bertz CT molecular complexity index is 76.8. The SMILES string of the molecule is O[Si](O)(O)O[Si](O)(O)O.[BaH2]. The molecule has 0 aliphatic rings. The normalized spacial score (nSPS) is 12.6. The maximum atomic E-state index is 7.94. The van der Waals surface area contributed by atoms with Crippen molar-refractivity contribution in [3.8, 4) is 0 Å². The first-order chi connectivity index (χ1) is 3.71. The summed E-state index contributed by atoms with van der Waals surface area (Å²) < 4.78 is 3.24. The third-order valence-electron chi connectivity index (χ3n) is 0.274. The van der Waals surface area contributed by atoms with Crippen LogP contribution < -0.4 is 0 Å². The van der Waals surface area contributed by atoms with Gasteiger partial charge in [0.15, 0.2) is 0 Å². The summed E-state index contributed by atoms with van der Waals surface area (Å²) >= 11 is 0. The zero-order valence-corrected chi connectivity index (χ0v) is 6.09. The van der Waals surface area contributed by atoms with Gasteiger partial charge in [0.1, 0.15) is 0 Å². The Morgan fingerprint density at radius 1 is 0.700 bits per heavy atom. The molecule has 0 aromatic heterocycles. The Balaban J connectivity index is 0.